The molecule has 12 heteroatoms. The highest BCUT2D eigenvalue weighted by Gasteiger charge is 2.53. The lowest BCUT2D eigenvalue weighted by Crippen LogP contribution is -2.66. The molecule has 0 unspecified atom stereocenters. The lowest BCUT2D eigenvalue weighted by Gasteiger charge is -2.58. The molecule has 4 fully saturated rings. The molecule has 12 nitrogen and oxygen atoms in total. The van der Waals surface area contributed by atoms with E-state index in [2.05, 4.69) is 102 Å². The number of methoxy groups -OCH3 is 1. The predicted molar refractivity (Wildman–Crippen MR) is 264 cm³/mol. The average Bonchev–Trinajstić information content (AvgIpc) is 3.24. The van der Waals surface area contributed by atoms with Crippen LogP contribution in [-0.4, -0.2) is 165 Å². The van der Waals surface area contributed by atoms with Gasteiger partial charge in [0.1, 0.15) is 11.5 Å². The monoisotopic (exact) mass is 899 g/mol. The highest BCUT2D eigenvalue weighted by atomic mass is 16.5. The zero-order valence-corrected chi connectivity index (χ0v) is 42.6. The fourth-order valence-electron chi connectivity index (χ4n) is 12.5. The van der Waals surface area contributed by atoms with Crippen LogP contribution >= 0.6 is 0 Å². The number of nitrogens with one attached hydrogen (secondary N) is 2. The lowest BCUT2D eigenvalue weighted by molar-refractivity contribution is -0.00677. The smallest absolute Gasteiger partial charge is 0.317 e. The molecule has 6 atom stereocenters. The van der Waals surface area contributed by atoms with E-state index in [0.29, 0.717) is 35.8 Å². The van der Waals surface area contributed by atoms with Crippen molar-refractivity contribution >= 4 is 12.1 Å². The highest BCUT2D eigenvalue weighted by Crippen LogP contribution is 2.49. The Bertz CT molecular complexity index is 1960. The topological polar surface area (TPSA) is 116 Å². The van der Waals surface area contributed by atoms with Crippen LogP contribution in [-0.2, 0) is 28.5 Å². The number of phenols is 1. The molecule has 2 aromatic rings. The molecular formula is C53H86N8O4. The molecule has 0 aromatic heterocycles. The number of hydrogen-bond acceptors (Lipinski definition) is 10. The van der Waals surface area contributed by atoms with Gasteiger partial charge in [-0.15, -0.1) is 0 Å². The maximum Gasteiger partial charge on any atom is 0.317 e. The Labute approximate surface area is 392 Å². The summed E-state index contributed by atoms with van der Waals surface area (Å²) in [5.74, 6) is 2.83. The van der Waals surface area contributed by atoms with Gasteiger partial charge in [-0.1, -0.05) is 26.0 Å². The number of phenolic OH excluding ortho intramolecular Hbond substituents is 1. The standard InChI is InChI=1S/C26H42N4O2.C22H35N3O.C5H9NO/c1-25(2,3)27-24(32)30-12-9-18(10-13-30)17-29(6)23-22-15-19-7-8-20(31)16-21(19)26(23,4)11-14-28(22)5;1-22-9-12-24(2)20(13-17-5-6-18(26-4)14-19(17)22)21(22)25(3)15-16-7-10-23-11-8-16;1-5(2,3)6-4-7/h7-8,16,18,22-23,31H,9-15,17H2,1-6H3,(H,27,32);5-6,14,16,20-21,23H,7-13,15H2,1-4H3;1-3H3/t22-,23+,26+;20-,21+,22+;/m11./s1. The van der Waals surface area contributed by atoms with Crippen LogP contribution in [0.15, 0.2) is 41.4 Å². The number of rotatable bonds is 7. The van der Waals surface area contributed by atoms with Gasteiger partial charge in [0, 0.05) is 66.7 Å². The van der Waals surface area contributed by atoms with E-state index < -0.39 is 0 Å². The van der Waals surface area contributed by atoms with E-state index in [9.17, 15) is 14.7 Å². The van der Waals surface area contributed by atoms with Crippen molar-refractivity contribution in [2.45, 2.75) is 153 Å². The third kappa shape index (κ3) is 12.0. The van der Waals surface area contributed by atoms with Gasteiger partial charge in [-0.2, -0.15) is 0 Å². The van der Waals surface area contributed by atoms with Crippen LogP contribution in [0.3, 0.4) is 0 Å². The summed E-state index contributed by atoms with van der Waals surface area (Å²) in [7, 11) is 11.0. The number of urea groups is 1. The summed E-state index contributed by atoms with van der Waals surface area (Å²) < 4.78 is 5.57. The molecule has 2 aliphatic carbocycles. The van der Waals surface area contributed by atoms with Gasteiger partial charge in [0.2, 0.25) is 6.08 Å². The number of benzene rings is 2. The maximum atomic E-state index is 12.5. The summed E-state index contributed by atoms with van der Waals surface area (Å²) in [6, 6.07) is 14.9. The number of ether oxygens (including phenoxy) is 1. The summed E-state index contributed by atoms with van der Waals surface area (Å²) in [6.07, 6.45) is 10.8. The van der Waals surface area contributed by atoms with Crippen molar-refractivity contribution in [1.29, 1.82) is 0 Å². The van der Waals surface area contributed by atoms with E-state index in [1.54, 1.807) is 7.11 Å². The van der Waals surface area contributed by atoms with Crippen molar-refractivity contribution in [3.05, 3.63) is 58.7 Å². The minimum absolute atomic E-state index is 0.0472. The van der Waals surface area contributed by atoms with Crippen LogP contribution in [0.1, 0.15) is 116 Å². The summed E-state index contributed by atoms with van der Waals surface area (Å²) in [4.78, 5) is 37.9. The minimum atomic E-state index is -0.248. The van der Waals surface area contributed by atoms with Crippen LogP contribution < -0.4 is 15.4 Å². The zero-order chi connectivity index (χ0) is 47.5. The van der Waals surface area contributed by atoms with Gasteiger partial charge in [-0.05, 0) is 206 Å². The van der Waals surface area contributed by atoms with E-state index >= 15 is 0 Å². The first-order valence-corrected chi connectivity index (χ1v) is 24.7. The largest absolute Gasteiger partial charge is 0.508 e. The van der Waals surface area contributed by atoms with Crippen LogP contribution in [0.5, 0.6) is 11.5 Å². The molecule has 3 N–H and O–H groups in total. The number of isocyanates is 1. The van der Waals surface area contributed by atoms with Gasteiger partial charge in [0.05, 0.1) is 12.6 Å². The van der Waals surface area contributed by atoms with Crippen LogP contribution in [0.4, 0.5) is 4.79 Å². The molecule has 4 saturated heterocycles. The van der Waals surface area contributed by atoms with Crippen molar-refractivity contribution in [2.24, 2.45) is 16.8 Å². The van der Waals surface area contributed by atoms with E-state index in [-0.39, 0.29) is 27.9 Å². The second kappa shape index (κ2) is 20.8. The molecule has 8 rings (SSSR count). The molecule has 4 aliphatic heterocycles. The predicted octanol–water partition coefficient (Wildman–Crippen LogP) is 7.06. The fraction of sp³-hybridized carbons (Fsp3) is 0.736. The molecule has 4 bridgehead atoms. The van der Waals surface area contributed by atoms with Crippen molar-refractivity contribution in [3.8, 4) is 11.5 Å². The first-order chi connectivity index (χ1) is 30.6. The minimum Gasteiger partial charge on any atom is -0.508 e. The summed E-state index contributed by atoms with van der Waals surface area (Å²) in [5, 5.41) is 16.8. The number of carbonyl (C=O) groups is 1. The highest BCUT2D eigenvalue weighted by molar-refractivity contribution is 5.75. The Kier molecular flexibility index (Phi) is 16.3. The number of aromatic hydroxyl groups is 1. The average molecular weight is 899 g/mol. The number of aliphatic imine (C=N–C) groups is 1. The van der Waals surface area contributed by atoms with Crippen molar-refractivity contribution in [1.82, 2.24) is 35.1 Å². The zero-order valence-electron chi connectivity index (χ0n) is 42.6. The number of fused-ring (bicyclic) bond motifs is 8. The fourth-order valence-corrected chi connectivity index (χ4v) is 12.5. The molecule has 0 saturated carbocycles. The van der Waals surface area contributed by atoms with E-state index in [4.69, 9.17) is 4.74 Å². The number of likely N-dealkylation sites (N-methyl/N-ethyl adjacent to an activating group) is 4. The molecular weight excluding hydrogens is 813 g/mol. The van der Waals surface area contributed by atoms with E-state index in [1.165, 1.54) is 73.8 Å². The van der Waals surface area contributed by atoms with E-state index in [1.807, 2.05) is 58.6 Å². The summed E-state index contributed by atoms with van der Waals surface area (Å²) in [6.45, 7) is 25.2. The normalized spacial score (nSPS) is 28.4. The summed E-state index contributed by atoms with van der Waals surface area (Å²) >= 11 is 0. The molecule has 2 aromatic carbocycles. The van der Waals surface area contributed by atoms with Gasteiger partial charge < -0.3 is 45.0 Å². The Hall–Kier alpha value is -3.51. The van der Waals surface area contributed by atoms with Gasteiger partial charge in [0.15, 0.2) is 0 Å². The number of amides is 2. The van der Waals surface area contributed by atoms with E-state index in [0.717, 1.165) is 70.0 Å². The Morgan fingerprint density at radius 2 is 1.31 bits per heavy atom. The van der Waals surface area contributed by atoms with Crippen molar-refractivity contribution in [3.63, 3.8) is 0 Å². The lowest BCUT2D eigenvalue weighted by atomic mass is 9.61. The van der Waals surface area contributed by atoms with Crippen LogP contribution in [0.25, 0.3) is 0 Å². The molecule has 65 heavy (non-hydrogen) atoms. The van der Waals surface area contributed by atoms with Gasteiger partial charge >= 0.3 is 6.03 Å². The SMILES string of the molecule is CC(C)(C)N=C=O.CN1CC[C@@]2(C)c3cc(O)ccc3C[C@@H]1[C@@H]2N(C)CC1CCN(C(=O)NC(C)(C)C)CC1.COc1ccc2c(c1)[C@]1(C)CCN(C)[C@H](C2)[C@@H]1N(C)CC1CCNCC1. The Morgan fingerprint density at radius 1 is 0.815 bits per heavy atom. The van der Waals surface area contributed by atoms with Crippen molar-refractivity contribution in [2.75, 3.05) is 87.7 Å². The van der Waals surface area contributed by atoms with Crippen molar-refractivity contribution < 1.29 is 19.4 Å². The number of nitrogens with zero attached hydrogens (tertiary/aromatic N) is 6. The quantitative estimate of drug-likeness (QED) is 0.199. The summed E-state index contributed by atoms with van der Waals surface area (Å²) in [5.41, 5.74) is 5.60. The second-order valence-corrected chi connectivity index (χ2v) is 23.2. The molecule has 2 amide bonds. The van der Waals surface area contributed by atoms with Gasteiger partial charge in [-0.25, -0.2) is 14.6 Å². The first-order valence-electron chi connectivity index (χ1n) is 24.7. The number of hydrogen-bond donors (Lipinski definition) is 3. The molecule has 0 spiro atoms. The third-order valence-corrected chi connectivity index (χ3v) is 15.9. The number of likely N-dealkylation sites (tertiary alicyclic amines) is 3. The van der Waals surface area contributed by atoms with Crippen LogP contribution in [0, 0.1) is 11.8 Å². The van der Waals surface area contributed by atoms with Gasteiger partial charge in [-0.3, -0.25) is 0 Å². The Morgan fingerprint density at radius 3 is 1.77 bits per heavy atom. The molecule has 362 valence electrons. The second-order valence-electron chi connectivity index (χ2n) is 23.2. The van der Waals surface area contributed by atoms with Crippen LogP contribution in [0.2, 0.25) is 0 Å². The maximum absolute atomic E-state index is 12.5. The Balaban J connectivity index is 0.000000191. The number of carbonyl (C=O) groups excluding carboxylic acids is 2. The molecule has 6 aliphatic rings. The first kappa shape index (κ1) is 50.9. The molecule has 4 heterocycles. The molecule has 0 radical (unpaired) electrons. The van der Waals surface area contributed by atoms with Gasteiger partial charge in [0.25, 0.3) is 0 Å². The third-order valence-electron chi connectivity index (χ3n) is 15.9. The number of piperidine rings is 4.